The summed E-state index contributed by atoms with van der Waals surface area (Å²) in [5.74, 6) is 1.59. The second-order valence-electron chi connectivity index (χ2n) is 2.70. The van der Waals surface area contributed by atoms with Gasteiger partial charge in [0.25, 0.3) is 0 Å². The summed E-state index contributed by atoms with van der Waals surface area (Å²) in [6, 6.07) is 0. The van der Waals surface area contributed by atoms with Crippen molar-refractivity contribution in [2.24, 2.45) is 11.8 Å². The van der Waals surface area contributed by atoms with Gasteiger partial charge in [-0.3, -0.25) is 4.79 Å². The predicted octanol–water partition coefficient (Wildman–Crippen LogP) is -0.205. The highest BCUT2D eigenvalue weighted by atomic mass is 16.1. The second-order valence-corrected chi connectivity index (χ2v) is 2.70. The third-order valence-corrected chi connectivity index (χ3v) is 2.22. The number of carbonyl (C=O) groups excluding carboxylic acids is 1. The average molecular weight is 111 g/mol. The summed E-state index contributed by atoms with van der Waals surface area (Å²) < 4.78 is 0. The van der Waals surface area contributed by atoms with Crippen LogP contribution >= 0.6 is 0 Å². The number of rotatable bonds is 0. The minimum atomic E-state index is 0.412. The molecule has 1 aliphatic carbocycles. The molecule has 2 rings (SSSR count). The number of Topliss-reactive ketones (excluding diaryl/α,β-unsaturated/α-hetero) is 1. The van der Waals surface area contributed by atoms with Crippen LogP contribution in [0.25, 0.3) is 0 Å². The first-order chi connectivity index (χ1) is 3.88. The lowest BCUT2D eigenvalue weighted by Crippen LogP contribution is -2.35. The molecule has 1 saturated heterocycles. The fourth-order valence-corrected chi connectivity index (χ4v) is 1.57. The van der Waals surface area contributed by atoms with E-state index in [1.165, 1.54) is 0 Å². The van der Waals surface area contributed by atoms with Crippen molar-refractivity contribution in [3.63, 3.8) is 0 Å². The largest absolute Gasteiger partial charge is 0.316 e. The molecule has 2 fully saturated rings. The van der Waals surface area contributed by atoms with Crippen LogP contribution in [0, 0.1) is 11.8 Å². The van der Waals surface area contributed by atoms with Crippen LogP contribution in [0.5, 0.6) is 0 Å². The molecule has 2 atom stereocenters. The molecule has 0 aromatic heterocycles. The van der Waals surface area contributed by atoms with Crippen molar-refractivity contribution < 1.29 is 4.79 Å². The fourth-order valence-electron chi connectivity index (χ4n) is 1.57. The van der Waals surface area contributed by atoms with Gasteiger partial charge in [0.05, 0.1) is 0 Å². The van der Waals surface area contributed by atoms with Crippen LogP contribution in [0.2, 0.25) is 0 Å². The highest BCUT2D eigenvalue weighted by molar-refractivity contribution is 5.88. The summed E-state index contributed by atoms with van der Waals surface area (Å²) in [4.78, 5) is 10.7. The zero-order valence-corrected chi connectivity index (χ0v) is 4.68. The van der Waals surface area contributed by atoms with Gasteiger partial charge >= 0.3 is 0 Å². The van der Waals surface area contributed by atoms with Gasteiger partial charge in [-0.05, 0) is 12.5 Å². The summed E-state index contributed by atoms with van der Waals surface area (Å²) >= 11 is 0. The Kier molecular flexibility index (Phi) is 0.742. The highest BCUT2D eigenvalue weighted by Gasteiger charge is 2.42. The summed E-state index contributed by atoms with van der Waals surface area (Å²) in [6.45, 7) is 2.03. The zero-order chi connectivity index (χ0) is 5.56. The number of hydrogen-bond acceptors (Lipinski definition) is 2. The Morgan fingerprint density at radius 3 is 2.88 bits per heavy atom. The number of ketones is 1. The first kappa shape index (κ1) is 4.50. The molecular weight excluding hydrogens is 102 g/mol. The molecule has 0 bridgehead atoms. The lowest BCUT2D eigenvalue weighted by Gasteiger charge is -2.26. The topological polar surface area (TPSA) is 29.1 Å². The molecule has 8 heavy (non-hydrogen) atoms. The maximum absolute atomic E-state index is 10.7. The van der Waals surface area contributed by atoms with Crippen LogP contribution in [-0.2, 0) is 4.79 Å². The summed E-state index contributed by atoms with van der Waals surface area (Å²) in [7, 11) is 0. The van der Waals surface area contributed by atoms with Gasteiger partial charge in [0.15, 0.2) is 0 Å². The first-order valence-electron chi connectivity index (χ1n) is 3.11. The van der Waals surface area contributed by atoms with Gasteiger partial charge in [-0.15, -0.1) is 0 Å². The van der Waals surface area contributed by atoms with E-state index in [9.17, 15) is 4.79 Å². The third kappa shape index (κ3) is 0.388. The monoisotopic (exact) mass is 111 g/mol. The van der Waals surface area contributed by atoms with Gasteiger partial charge < -0.3 is 5.32 Å². The Bertz CT molecular complexity index is 132. The Morgan fingerprint density at radius 1 is 1.50 bits per heavy atom. The molecule has 0 radical (unpaired) electrons. The molecule has 0 unspecified atom stereocenters. The Labute approximate surface area is 48.3 Å². The van der Waals surface area contributed by atoms with E-state index in [1.54, 1.807) is 0 Å². The Hall–Kier alpha value is -0.370. The molecule has 0 aromatic carbocycles. The van der Waals surface area contributed by atoms with E-state index in [-0.39, 0.29) is 0 Å². The van der Waals surface area contributed by atoms with E-state index in [0.717, 1.165) is 19.5 Å². The van der Waals surface area contributed by atoms with E-state index < -0.39 is 0 Å². The van der Waals surface area contributed by atoms with Crippen molar-refractivity contribution in [3.8, 4) is 0 Å². The van der Waals surface area contributed by atoms with Crippen molar-refractivity contribution in [2.75, 3.05) is 13.1 Å². The molecule has 0 aromatic rings. The van der Waals surface area contributed by atoms with Crippen LogP contribution in [0.1, 0.15) is 6.42 Å². The molecule has 0 amide bonds. The van der Waals surface area contributed by atoms with E-state index in [2.05, 4.69) is 5.32 Å². The van der Waals surface area contributed by atoms with Gasteiger partial charge in [-0.1, -0.05) is 0 Å². The molecule has 0 spiro atoms. The maximum atomic E-state index is 10.7. The van der Waals surface area contributed by atoms with E-state index >= 15 is 0 Å². The Balaban J connectivity index is 2.11. The molecule has 44 valence electrons. The summed E-state index contributed by atoms with van der Waals surface area (Å²) in [5, 5.41) is 3.19. The van der Waals surface area contributed by atoms with E-state index in [1.807, 2.05) is 0 Å². The van der Waals surface area contributed by atoms with Gasteiger partial charge in [0.1, 0.15) is 5.78 Å². The molecule has 1 N–H and O–H groups in total. The SMILES string of the molecule is O=C1C[C@@H]2CNC[C@@H]12. The third-order valence-electron chi connectivity index (χ3n) is 2.22. The minimum Gasteiger partial charge on any atom is -0.316 e. The number of nitrogens with one attached hydrogen (secondary N) is 1. The minimum absolute atomic E-state index is 0.412. The molecule has 2 heteroatoms. The first-order valence-corrected chi connectivity index (χ1v) is 3.11. The lowest BCUT2D eigenvalue weighted by atomic mass is 9.75. The fraction of sp³-hybridized carbons (Fsp3) is 0.833. The summed E-state index contributed by atoms with van der Waals surface area (Å²) in [5.41, 5.74) is 0. The average Bonchev–Trinajstić information content (AvgIpc) is 2.09. The van der Waals surface area contributed by atoms with Crippen molar-refractivity contribution in [1.29, 1.82) is 0 Å². The molecular formula is C6H9NO. The van der Waals surface area contributed by atoms with E-state index in [0.29, 0.717) is 17.6 Å². The molecule has 1 heterocycles. The van der Waals surface area contributed by atoms with Crippen molar-refractivity contribution in [3.05, 3.63) is 0 Å². The standard InChI is InChI=1S/C6H9NO/c8-6-1-4-2-7-3-5(4)6/h4-5,7H,1-3H2/t4-,5-/m1/s1. The Morgan fingerprint density at radius 2 is 2.38 bits per heavy atom. The van der Waals surface area contributed by atoms with Crippen molar-refractivity contribution in [1.82, 2.24) is 5.32 Å². The molecule has 1 saturated carbocycles. The normalized spacial score (nSPS) is 43.8. The molecule has 2 nitrogen and oxygen atoms in total. The predicted molar refractivity (Wildman–Crippen MR) is 29.5 cm³/mol. The quantitative estimate of drug-likeness (QED) is 0.469. The van der Waals surface area contributed by atoms with Gasteiger partial charge in [0.2, 0.25) is 0 Å². The van der Waals surface area contributed by atoms with Gasteiger partial charge in [0, 0.05) is 18.9 Å². The molecule has 1 aliphatic heterocycles. The molecule has 2 aliphatic rings. The smallest absolute Gasteiger partial charge is 0.137 e. The van der Waals surface area contributed by atoms with E-state index in [4.69, 9.17) is 0 Å². The highest BCUT2D eigenvalue weighted by Crippen LogP contribution is 2.32. The number of hydrogen-bond donors (Lipinski definition) is 1. The number of fused-ring (bicyclic) bond motifs is 1. The van der Waals surface area contributed by atoms with Crippen molar-refractivity contribution >= 4 is 5.78 Å². The maximum Gasteiger partial charge on any atom is 0.137 e. The van der Waals surface area contributed by atoms with Crippen LogP contribution in [0.15, 0.2) is 0 Å². The summed E-state index contributed by atoms with van der Waals surface area (Å²) in [6.07, 6.45) is 0.845. The lowest BCUT2D eigenvalue weighted by molar-refractivity contribution is -0.131. The number of carbonyl (C=O) groups is 1. The van der Waals surface area contributed by atoms with Crippen LogP contribution in [-0.4, -0.2) is 18.9 Å². The second kappa shape index (κ2) is 1.32. The zero-order valence-electron chi connectivity index (χ0n) is 4.68. The van der Waals surface area contributed by atoms with Gasteiger partial charge in [-0.25, -0.2) is 0 Å². The van der Waals surface area contributed by atoms with Crippen LogP contribution in [0.3, 0.4) is 0 Å². The van der Waals surface area contributed by atoms with Gasteiger partial charge in [-0.2, -0.15) is 0 Å². The van der Waals surface area contributed by atoms with Crippen molar-refractivity contribution in [2.45, 2.75) is 6.42 Å². The van der Waals surface area contributed by atoms with Crippen LogP contribution in [0.4, 0.5) is 0 Å². The van der Waals surface area contributed by atoms with Crippen LogP contribution < -0.4 is 5.32 Å².